The summed E-state index contributed by atoms with van der Waals surface area (Å²) in [5.41, 5.74) is 9.21. The van der Waals surface area contributed by atoms with E-state index in [4.69, 9.17) is 15.2 Å². The molecule has 1 heterocycles. The van der Waals surface area contributed by atoms with Gasteiger partial charge in [-0.05, 0) is 35.2 Å². The SMILES string of the molecule is COc1ccc(CN=C(N)NCc2ccc(CN3CCCC3=O)cc2)cc1OC.I. The number of amides is 1. The van der Waals surface area contributed by atoms with Crippen LogP contribution < -0.4 is 20.5 Å². The molecule has 0 spiro atoms. The van der Waals surface area contributed by atoms with Gasteiger partial charge in [0.1, 0.15) is 0 Å². The molecule has 0 bridgehead atoms. The first-order valence-corrected chi connectivity index (χ1v) is 9.69. The van der Waals surface area contributed by atoms with Gasteiger partial charge in [-0.2, -0.15) is 0 Å². The summed E-state index contributed by atoms with van der Waals surface area (Å²) in [5, 5.41) is 3.13. The molecule has 0 unspecified atom stereocenters. The maximum Gasteiger partial charge on any atom is 0.222 e. The number of methoxy groups -OCH3 is 2. The van der Waals surface area contributed by atoms with E-state index in [0.29, 0.717) is 43.5 Å². The Morgan fingerprint density at radius 2 is 1.73 bits per heavy atom. The maximum absolute atomic E-state index is 11.7. The van der Waals surface area contributed by atoms with E-state index in [1.54, 1.807) is 14.2 Å². The van der Waals surface area contributed by atoms with E-state index in [9.17, 15) is 4.79 Å². The van der Waals surface area contributed by atoms with Gasteiger partial charge in [-0.25, -0.2) is 4.99 Å². The summed E-state index contributed by atoms with van der Waals surface area (Å²) in [6.07, 6.45) is 1.63. The number of rotatable bonds is 8. The minimum absolute atomic E-state index is 0. The number of halogens is 1. The summed E-state index contributed by atoms with van der Waals surface area (Å²) < 4.78 is 10.5. The zero-order valence-electron chi connectivity index (χ0n) is 17.4. The third kappa shape index (κ3) is 6.51. The highest BCUT2D eigenvalue weighted by molar-refractivity contribution is 14.0. The van der Waals surface area contributed by atoms with Crippen LogP contribution in [0, 0.1) is 0 Å². The largest absolute Gasteiger partial charge is 0.493 e. The van der Waals surface area contributed by atoms with E-state index in [1.165, 1.54) is 0 Å². The van der Waals surface area contributed by atoms with Gasteiger partial charge < -0.3 is 25.4 Å². The summed E-state index contributed by atoms with van der Waals surface area (Å²) in [4.78, 5) is 18.0. The van der Waals surface area contributed by atoms with E-state index in [0.717, 1.165) is 29.7 Å². The quantitative estimate of drug-likeness (QED) is 0.315. The van der Waals surface area contributed by atoms with E-state index < -0.39 is 0 Å². The molecule has 0 aliphatic carbocycles. The van der Waals surface area contributed by atoms with Gasteiger partial charge in [-0.1, -0.05) is 30.3 Å². The van der Waals surface area contributed by atoms with Crippen LogP contribution in [0.2, 0.25) is 0 Å². The smallest absolute Gasteiger partial charge is 0.222 e. The lowest BCUT2D eigenvalue weighted by molar-refractivity contribution is -0.128. The van der Waals surface area contributed by atoms with Crippen molar-refractivity contribution < 1.29 is 14.3 Å². The maximum atomic E-state index is 11.7. The average Bonchev–Trinajstić information content (AvgIpc) is 3.15. The van der Waals surface area contributed by atoms with Crippen LogP contribution in [-0.4, -0.2) is 37.5 Å². The number of hydrogen-bond acceptors (Lipinski definition) is 4. The Morgan fingerprint density at radius 3 is 2.37 bits per heavy atom. The van der Waals surface area contributed by atoms with Crippen molar-refractivity contribution in [2.45, 2.75) is 32.5 Å². The molecule has 7 nitrogen and oxygen atoms in total. The van der Waals surface area contributed by atoms with Crippen molar-refractivity contribution in [3.8, 4) is 11.5 Å². The minimum Gasteiger partial charge on any atom is -0.493 e. The molecule has 2 aromatic rings. The number of carbonyl (C=O) groups excluding carboxylic acids is 1. The molecule has 0 aromatic heterocycles. The number of nitrogens with one attached hydrogen (secondary N) is 1. The molecule has 3 rings (SSSR count). The van der Waals surface area contributed by atoms with Gasteiger partial charge in [0.15, 0.2) is 17.5 Å². The Labute approximate surface area is 194 Å². The van der Waals surface area contributed by atoms with Crippen molar-refractivity contribution in [3.63, 3.8) is 0 Å². The predicted octanol–water partition coefficient (Wildman–Crippen LogP) is 3.05. The summed E-state index contributed by atoms with van der Waals surface area (Å²) in [5.74, 6) is 1.98. The highest BCUT2D eigenvalue weighted by Crippen LogP contribution is 2.27. The van der Waals surface area contributed by atoms with Crippen LogP contribution in [-0.2, 0) is 24.4 Å². The lowest BCUT2D eigenvalue weighted by atomic mass is 10.1. The molecule has 3 N–H and O–H groups in total. The molecule has 2 aromatic carbocycles. The van der Waals surface area contributed by atoms with Crippen molar-refractivity contribution in [2.75, 3.05) is 20.8 Å². The van der Waals surface area contributed by atoms with Gasteiger partial charge >= 0.3 is 0 Å². The number of aliphatic imine (C=N–C) groups is 1. The molecule has 1 saturated heterocycles. The first-order valence-electron chi connectivity index (χ1n) is 9.69. The monoisotopic (exact) mass is 524 g/mol. The van der Waals surface area contributed by atoms with Crippen molar-refractivity contribution >= 4 is 35.8 Å². The molecular weight excluding hydrogens is 495 g/mol. The second-order valence-corrected chi connectivity index (χ2v) is 6.98. The number of nitrogens with two attached hydrogens (primary N) is 1. The van der Waals surface area contributed by atoms with Gasteiger partial charge in [-0.3, -0.25) is 4.79 Å². The summed E-state index contributed by atoms with van der Waals surface area (Å²) >= 11 is 0. The second kappa shape index (κ2) is 11.6. The highest BCUT2D eigenvalue weighted by Gasteiger charge is 2.19. The third-order valence-corrected chi connectivity index (χ3v) is 4.92. The molecule has 1 aliphatic heterocycles. The molecule has 1 fully saturated rings. The Hall–Kier alpha value is -2.49. The van der Waals surface area contributed by atoms with E-state index in [-0.39, 0.29) is 29.9 Å². The van der Waals surface area contributed by atoms with Gasteiger partial charge in [0.25, 0.3) is 0 Å². The zero-order valence-corrected chi connectivity index (χ0v) is 19.7. The number of benzene rings is 2. The van der Waals surface area contributed by atoms with Crippen LogP contribution in [0.15, 0.2) is 47.5 Å². The predicted molar refractivity (Wildman–Crippen MR) is 128 cm³/mol. The lowest BCUT2D eigenvalue weighted by Crippen LogP contribution is -2.31. The molecule has 0 radical (unpaired) electrons. The molecule has 1 aliphatic rings. The topological polar surface area (TPSA) is 89.2 Å². The minimum atomic E-state index is 0. The van der Waals surface area contributed by atoms with Gasteiger partial charge in [0.2, 0.25) is 5.91 Å². The van der Waals surface area contributed by atoms with E-state index in [2.05, 4.69) is 22.4 Å². The molecule has 8 heteroatoms. The number of likely N-dealkylation sites (tertiary alicyclic amines) is 1. The number of carbonyl (C=O) groups is 1. The number of hydrogen-bond donors (Lipinski definition) is 2. The van der Waals surface area contributed by atoms with E-state index >= 15 is 0 Å². The molecule has 162 valence electrons. The Morgan fingerprint density at radius 1 is 1.07 bits per heavy atom. The fraction of sp³-hybridized carbons (Fsp3) is 0.364. The van der Waals surface area contributed by atoms with Gasteiger partial charge in [0.05, 0.1) is 20.8 Å². The molecule has 1 amide bonds. The number of guanidine groups is 1. The first kappa shape index (κ1) is 23.8. The number of ether oxygens (including phenoxy) is 2. The van der Waals surface area contributed by atoms with Crippen LogP contribution in [0.25, 0.3) is 0 Å². The van der Waals surface area contributed by atoms with Crippen LogP contribution in [0.1, 0.15) is 29.5 Å². The molecule has 0 saturated carbocycles. The fourth-order valence-corrected chi connectivity index (χ4v) is 3.26. The first-order chi connectivity index (χ1) is 14.1. The molecular formula is C22H29IN4O3. The third-order valence-electron chi connectivity index (χ3n) is 4.92. The van der Waals surface area contributed by atoms with E-state index in [1.807, 2.05) is 35.2 Å². The lowest BCUT2D eigenvalue weighted by Gasteiger charge is -2.15. The average molecular weight is 524 g/mol. The van der Waals surface area contributed by atoms with Crippen LogP contribution >= 0.6 is 24.0 Å². The second-order valence-electron chi connectivity index (χ2n) is 6.98. The Balaban J connectivity index is 0.00000320. The normalized spacial score (nSPS) is 13.7. The molecule has 30 heavy (non-hydrogen) atoms. The standard InChI is InChI=1S/C22H28N4O3.HI/c1-28-19-10-9-18(12-20(19)29-2)14-25-22(23)24-13-16-5-7-17(8-6-16)15-26-11-3-4-21(26)27;/h5-10,12H,3-4,11,13-15H2,1-2H3,(H3,23,24,25);1H. The summed E-state index contributed by atoms with van der Waals surface area (Å²) in [7, 11) is 3.21. The van der Waals surface area contributed by atoms with Crippen molar-refractivity contribution in [2.24, 2.45) is 10.7 Å². The fourth-order valence-electron chi connectivity index (χ4n) is 3.26. The number of nitrogens with zero attached hydrogens (tertiary/aromatic N) is 2. The van der Waals surface area contributed by atoms with Crippen LogP contribution in [0.3, 0.4) is 0 Å². The van der Waals surface area contributed by atoms with Gasteiger partial charge in [0, 0.05) is 26.1 Å². The molecule has 0 atom stereocenters. The van der Waals surface area contributed by atoms with Crippen LogP contribution in [0.5, 0.6) is 11.5 Å². The summed E-state index contributed by atoms with van der Waals surface area (Å²) in [6.45, 7) is 2.57. The van der Waals surface area contributed by atoms with Crippen molar-refractivity contribution in [1.29, 1.82) is 0 Å². The van der Waals surface area contributed by atoms with Crippen molar-refractivity contribution in [3.05, 3.63) is 59.2 Å². The summed E-state index contributed by atoms with van der Waals surface area (Å²) in [6, 6.07) is 13.9. The van der Waals surface area contributed by atoms with Gasteiger partial charge in [-0.15, -0.1) is 24.0 Å². The van der Waals surface area contributed by atoms with Crippen molar-refractivity contribution in [1.82, 2.24) is 10.2 Å². The Bertz CT molecular complexity index is 871. The highest BCUT2D eigenvalue weighted by atomic mass is 127. The van der Waals surface area contributed by atoms with Crippen LogP contribution in [0.4, 0.5) is 0 Å². The Kier molecular flexibility index (Phi) is 9.22. The zero-order chi connectivity index (χ0) is 20.6.